The van der Waals surface area contributed by atoms with E-state index in [4.69, 9.17) is 0 Å². The molecule has 2 saturated heterocycles. The highest BCUT2D eigenvalue weighted by Gasteiger charge is 2.49. The summed E-state index contributed by atoms with van der Waals surface area (Å²) in [5.74, 6) is -3.75. The highest BCUT2D eigenvalue weighted by atomic mass is 16.2. The normalized spacial score (nSPS) is 26.1. The molecule has 8 amide bonds. The Kier molecular flexibility index (Phi) is 18.7. The summed E-state index contributed by atoms with van der Waals surface area (Å²) in [5, 5.41) is 24.6. The van der Waals surface area contributed by atoms with Crippen molar-refractivity contribution in [2.24, 2.45) is 22.7 Å². The van der Waals surface area contributed by atoms with Crippen LogP contribution in [0.5, 0.6) is 0 Å². The van der Waals surface area contributed by atoms with E-state index < -0.39 is 82.8 Å². The van der Waals surface area contributed by atoms with E-state index in [-0.39, 0.29) is 79.9 Å². The number of hydrogen-bond donors (Lipinski definition) is 8. The van der Waals surface area contributed by atoms with Crippen LogP contribution < -0.4 is 42.5 Å². The number of benzene rings is 2. The van der Waals surface area contributed by atoms with Gasteiger partial charge in [-0.05, 0) is 132 Å². The molecule has 4 unspecified atom stereocenters. The van der Waals surface area contributed by atoms with Crippen LogP contribution in [0.15, 0.2) is 48.5 Å². The minimum absolute atomic E-state index is 0.0533. The van der Waals surface area contributed by atoms with Gasteiger partial charge in [-0.15, -0.1) is 0 Å². The lowest BCUT2D eigenvalue weighted by Gasteiger charge is -2.36. The van der Waals surface area contributed by atoms with E-state index in [2.05, 4.69) is 54.7 Å². The van der Waals surface area contributed by atoms with Gasteiger partial charge in [0.25, 0.3) is 0 Å². The predicted molar refractivity (Wildman–Crippen MR) is 290 cm³/mol. The molecule has 76 heavy (non-hydrogen) atoms. The van der Waals surface area contributed by atoms with Crippen LogP contribution in [0, 0.1) is 22.7 Å². The van der Waals surface area contributed by atoms with Gasteiger partial charge >= 0.3 is 0 Å². The molecule has 8 N–H and O–H groups in total. The minimum atomic E-state index is -0.967. The second-order valence-electron chi connectivity index (χ2n) is 24.4. The first kappa shape index (κ1) is 57.8. The van der Waals surface area contributed by atoms with Gasteiger partial charge in [0.1, 0.15) is 24.2 Å². The van der Waals surface area contributed by atoms with Crippen LogP contribution in [0.1, 0.15) is 154 Å². The molecule has 2 aliphatic heterocycles. The third-order valence-electron chi connectivity index (χ3n) is 16.7. The average Bonchev–Trinajstić information content (AvgIpc) is 4.03. The minimum Gasteiger partial charge on any atom is -0.351 e. The summed E-state index contributed by atoms with van der Waals surface area (Å²) in [4.78, 5) is 117. The van der Waals surface area contributed by atoms with E-state index in [1.54, 1.807) is 27.9 Å². The van der Waals surface area contributed by atoms with E-state index in [0.29, 0.717) is 19.3 Å². The number of likely N-dealkylation sites (N-methyl/N-ethyl adjacent to an activating group) is 2. The number of hydrogen-bond acceptors (Lipinski definition) is 10. The van der Waals surface area contributed by atoms with E-state index in [9.17, 15) is 38.4 Å². The number of nitrogens with zero attached hydrogens (tertiary/aromatic N) is 2. The maximum atomic E-state index is 14.7. The van der Waals surface area contributed by atoms with E-state index in [1.165, 1.54) is 20.9 Å². The number of aryl methyl sites for hydroxylation is 2. The van der Waals surface area contributed by atoms with Gasteiger partial charge in [0.2, 0.25) is 47.3 Å². The Morgan fingerprint density at radius 2 is 0.882 bits per heavy atom. The van der Waals surface area contributed by atoms with Gasteiger partial charge in [-0.3, -0.25) is 38.4 Å². The molecule has 2 aromatic rings. The summed E-state index contributed by atoms with van der Waals surface area (Å²) in [7, 11) is 3.33. The molecule has 0 radical (unpaired) electrons. The fourth-order valence-corrected chi connectivity index (χ4v) is 11.9. The quantitative estimate of drug-likeness (QED) is 0.122. The molecule has 0 aromatic heterocycles. The summed E-state index contributed by atoms with van der Waals surface area (Å²) in [5.41, 5.74) is 3.02. The molecule has 18 heteroatoms. The topological polar surface area (TPSA) is 239 Å². The van der Waals surface area contributed by atoms with Gasteiger partial charge in [0, 0.05) is 37.0 Å². The number of fused-ring (bicyclic) bond motifs is 2. The molecule has 12 atom stereocenters. The van der Waals surface area contributed by atoms with Gasteiger partial charge in [-0.2, -0.15) is 0 Å². The van der Waals surface area contributed by atoms with Crippen molar-refractivity contribution in [3.8, 4) is 0 Å². The molecule has 2 heterocycles. The van der Waals surface area contributed by atoms with Crippen molar-refractivity contribution >= 4 is 47.3 Å². The first-order valence-electron chi connectivity index (χ1n) is 27.9. The smallest absolute Gasteiger partial charge is 0.246 e. The molecule has 5 aliphatic rings. The van der Waals surface area contributed by atoms with E-state index in [0.717, 1.165) is 49.7 Å². The van der Waals surface area contributed by atoms with Crippen LogP contribution in [0.2, 0.25) is 0 Å². The fourth-order valence-electron chi connectivity index (χ4n) is 11.9. The molecule has 18 nitrogen and oxygen atoms in total. The summed E-state index contributed by atoms with van der Waals surface area (Å²) >= 11 is 0. The molecule has 0 spiro atoms. The van der Waals surface area contributed by atoms with Gasteiger partial charge in [0.15, 0.2) is 0 Å². The maximum absolute atomic E-state index is 14.7. The average molecular weight is 1050 g/mol. The maximum Gasteiger partial charge on any atom is 0.246 e. The zero-order valence-corrected chi connectivity index (χ0v) is 46.6. The zero-order chi connectivity index (χ0) is 55.2. The number of carbonyl (C=O) groups excluding carboxylic acids is 8. The second-order valence-corrected chi connectivity index (χ2v) is 24.4. The highest BCUT2D eigenvalue weighted by molar-refractivity contribution is 5.96. The van der Waals surface area contributed by atoms with Crippen molar-refractivity contribution in [2.45, 2.75) is 193 Å². The monoisotopic (exact) mass is 1050 g/mol. The van der Waals surface area contributed by atoms with Crippen LogP contribution in [0.4, 0.5) is 0 Å². The molecular weight excluding hydrogens is 965 g/mol. The molecule has 7 rings (SSSR count). The third kappa shape index (κ3) is 13.6. The van der Waals surface area contributed by atoms with Crippen molar-refractivity contribution in [1.29, 1.82) is 0 Å². The summed E-state index contributed by atoms with van der Waals surface area (Å²) < 4.78 is 0. The lowest BCUT2D eigenvalue weighted by atomic mass is 9.80. The Morgan fingerprint density at radius 1 is 0.500 bits per heavy atom. The molecule has 0 bridgehead atoms. The Hall–Kier alpha value is -5.88. The zero-order valence-electron chi connectivity index (χ0n) is 46.6. The second kappa shape index (κ2) is 24.6. The van der Waals surface area contributed by atoms with Crippen molar-refractivity contribution in [3.63, 3.8) is 0 Å². The number of nitrogens with one attached hydrogen (secondary N) is 8. The SMILES string of the molecule is CN[C@@H](C)C(=O)N[C@H](C(=O)N1C[C@@H](NC(=O)C2CCCC(C(=O)N[C@H]3C[C@@H](C(=O)NC4CCCc5ccccc54)N(C(=O)[C@@H](NC(=O)[C@H](C)NC)C(C)(C)C)C3)C2)CC1C(=O)N[C@@H]1CCCc2ccccc21)C(C)(C)C. The Labute approximate surface area is 449 Å². The standard InChI is InChI=1S/C58H86N10O8/c1-33(59-9)49(69)65-47(57(3,4)5)55(75)67-31-39(29-45(67)53(73)63-43-26-16-20-35-18-11-13-24-41(35)43)61-51(71)37-22-15-23-38(28-37)52(72)62-40-30-46(54(74)64-44-27-17-21-36-19-12-14-25-42(36)44)68(32-40)56(76)48(58(6,7)8)66-50(70)34(2)60-10/h11-14,18-19,24-25,33-34,37-40,43-48,59-60H,15-17,20-23,26-32H2,1-10H3,(H,61,71)(H,62,72)(H,63,73)(H,64,74)(H,65,69)(H,66,70)/t33-,34-,37?,38?,39-,40-,43+,44?,45?,46-,47+,48+/m0/s1. The fraction of sp³-hybridized carbons (Fsp3) is 0.655. The third-order valence-corrected chi connectivity index (χ3v) is 16.7. The summed E-state index contributed by atoms with van der Waals surface area (Å²) in [6.45, 7) is 14.7. The highest BCUT2D eigenvalue weighted by Crippen LogP contribution is 2.35. The van der Waals surface area contributed by atoms with Crippen molar-refractivity contribution in [3.05, 3.63) is 70.8 Å². The lowest BCUT2D eigenvalue weighted by molar-refractivity contribution is -0.144. The van der Waals surface area contributed by atoms with Gasteiger partial charge in [-0.25, -0.2) is 0 Å². The number of likely N-dealkylation sites (tertiary alicyclic amines) is 2. The summed E-state index contributed by atoms with van der Waals surface area (Å²) in [6.07, 6.45) is 7.43. The molecule has 3 aliphatic carbocycles. The molecule has 1 saturated carbocycles. The Morgan fingerprint density at radius 3 is 1.25 bits per heavy atom. The number of rotatable bonds is 16. The van der Waals surface area contributed by atoms with Crippen LogP contribution in [-0.4, -0.2) is 133 Å². The van der Waals surface area contributed by atoms with Crippen LogP contribution in [0.3, 0.4) is 0 Å². The largest absolute Gasteiger partial charge is 0.351 e. The van der Waals surface area contributed by atoms with Crippen molar-refractivity contribution in [1.82, 2.24) is 52.3 Å². The van der Waals surface area contributed by atoms with Crippen LogP contribution >= 0.6 is 0 Å². The van der Waals surface area contributed by atoms with Crippen LogP contribution in [-0.2, 0) is 51.2 Å². The van der Waals surface area contributed by atoms with E-state index >= 15 is 0 Å². The Balaban J connectivity index is 1.05. The summed E-state index contributed by atoms with van der Waals surface area (Å²) in [6, 6.07) is 9.56. The lowest BCUT2D eigenvalue weighted by Crippen LogP contribution is -2.59. The molecule has 416 valence electrons. The predicted octanol–water partition coefficient (Wildman–Crippen LogP) is 3.63. The van der Waals surface area contributed by atoms with Gasteiger partial charge in [-0.1, -0.05) is 96.5 Å². The first-order chi connectivity index (χ1) is 36.0. The van der Waals surface area contributed by atoms with Crippen molar-refractivity contribution in [2.75, 3.05) is 27.2 Å². The molecule has 2 aromatic carbocycles. The van der Waals surface area contributed by atoms with Gasteiger partial charge in [0.05, 0.1) is 24.2 Å². The van der Waals surface area contributed by atoms with Crippen molar-refractivity contribution < 1.29 is 38.4 Å². The molecular formula is C58H86N10O8. The number of carbonyl (C=O) groups is 8. The van der Waals surface area contributed by atoms with Gasteiger partial charge < -0.3 is 52.3 Å². The van der Waals surface area contributed by atoms with E-state index in [1.807, 2.05) is 77.9 Å². The first-order valence-corrected chi connectivity index (χ1v) is 27.9. The van der Waals surface area contributed by atoms with Crippen LogP contribution in [0.25, 0.3) is 0 Å². The Bertz CT molecular complexity index is 2300. The molecule has 3 fully saturated rings. The number of amides is 8.